The van der Waals surface area contributed by atoms with E-state index in [2.05, 4.69) is 31.2 Å². The topological polar surface area (TPSA) is 37.3 Å². The van der Waals surface area contributed by atoms with Crippen LogP contribution in [0.5, 0.6) is 0 Å². The third kappa shape index (κ3) is 7.19. The number of benzene rings is 1. The second-order valence-corrected chi connectivity index (χ2v) is 5.57. The molecule has 1 aromatic rings. The molecule has 0 unspecified atom stereocenters. The van der Waals surface area contributed by atoms with Crippen LogP contribution in [0.2, 0.25) is 0 Å². The molecule has 2 nitrogen and oxygen atoms in total. The lowest BCUT2D eigenvalue weighted by Gasteiger charge is -2.02. The van der Waals surface area contributed by atoms with Gasteiger partial charge in [0.15, 0.2) is 0 Å². The Balaban J connectivity index is 2.18. The molecule has 0 bridgehead atoms. The summed E-state index contributed by atoms with van der Waals surface area (Å²) in [6.07, 6.45) is 11.8. The molecule has 1 aromatic carbocycles. The highest BCUT2D eigenvalue weighted by atomic mass is 32.2. The Hall–Kier alpha value is -1.48. The molecular formula is C17H22O2S. The summed E-state index contributed by atoms with van der Waals surface area (Å²) in [5.41, 5.74) is 1.45. The van der Waals surface area contributed by atoms with E-state index in [9.17, 15) is 4.79 Å². The summed E-state index contributed by atoms with van der Waals surface area (Å²) in [6.45, 7) is 2.13. The molecule has 0 atom stereocenters. The lowest BCUT2D eigenvalue weighted by atomic mass is 10.1. The van der Waals surface area contributed by atoms with Crippen molar-refractivity contribution < 1.29 is 9.90 Å². The molecule has 0 aromatic heterocycles. The molecule has 0 heterocycles. The van der Waals surface area contributed by atoms with Gasteiger partial charge in [0.25, 0.3) is 0 Å². The Morgan fingerprint density at radius 3 is 2.85 bits per heavy atom. The van der Waals surface area contributed by atoms with Gasteiger partial charge in [-0.05, 0) is 42.7 Å². The molecule has 0 aliphatic rings. The summed E-state index contributed by atoms with van der Waals surface area (Å²) < 4.78 is 0. The Morgan fingerprint density at radius 2 is 2.10 bits per heavy atom. The Morgan fingerprint density at radius 1 is 1.30 bits per heavy atom. The second kappa shape index (κ2) is 10.3. The maximum atomic E-state index is 10.9. The first-order valence-electron chi connectivity index (χ1n) is 6.95. The summed E-state index contributed by atoms with van der Waals surface area (Å²) in [5, 5.41) is 8.92. The van der Waals surface area contributed by atoms with Crippen LogP contribution in [0, 0.1) is 0 Å². The summed E-state index contributed by atoms with van der Waals surface area (Å²) in [4.78, 5) is 10.9. The first-order valence-corrected chi connectivity index (χ1v) is 8.11. The van der Waals surface area contributed by atoms with Crippen LogP contribution >= 0.6 is 11.8 Å². The molecule has 1 rings (SSSR count). The van der Waals surface area contributed by atoms with E-state index in [-0.39, 0.29) is 0 Å². The van der Waals surface area contributed by atoms with E-state index in [1.165, 1.54) is 0 Å². The van der Waals surface area contributed by atoms with Crippen molar-refractivity contribution in [2.75, 3.05) is 5.75 Å². The first kappa shape index (κ1) is 16.6. The zero-order valence-corrected chi connectivity index (χ0v) is 12.7. The maximum absolute atomic E-state index is 10.9. The first-order chi connectivity index (χ1) is 9.74. The SMILES string of the molecule is CC/C=C\C=C/CCCSCc1cccc(C(=O)O)c1. The summed E-state index contributed by atoms with van der Waals surface area (Å²) in [6, 6.07) is 7.17. The van der Waals surface area contributed by atoms with Crippen LogP contribution in [0.3, 0.4) is 0 Å². The van der Waals surface area contributed by atoms with E-state index in [1.807, 2.05) is 23.9 Å². The van der Waals surface area contributed by atoms with E-state index in [1.54, 1.807) is 12.1 Å². The van der Waals surface area contributed by atoms with E-state index in [4.69, 9.17) is 5.11 Å². The highest BCUT2D eigenvalue weighted by Gasteiger charge is 2.02. The van der Waals surface area contributed by atoms with Crippen molar-refractivity contribution in [2.24, 2.45) is 0 Å². The van der Waals surface area contributed by atoms with Gasteiger partial charge in [-0.1, -0.05) is 43.4 Å². The van der Waals surface area contributed by atoms with Crippen LogP contribution in [0.25, 0.3) is 0 Å². The van der Waals surface area contributed by atoms with Crippen molar-refractivity contribution >= 4 is 17.7 Å². The minimum absolute atomic E-state index is 0.369. The average molecular weight is 290 g/mol. The predicted octanol–water partition coefficient (Wildman–Crippen LogP) is 4.92. The third-order valence-electron chi connectivity index (χ3n) is 2.72. The van der Waals surface area contributed by atoms with Gasteiger partial charge in [-0.2, -0.15) is 11.8 Å². The maximum Gasteiger partial charge on any atom is 0.335 e. The number of allylic oxidation sites excluding steroid dienone is 4. The van der Waals surface area contributed by atoms with E-state index in [0.717, 1.165) is 36.3 Å². The van der Waals surface area contributed by atoms with Crippen LogP contribution in [-0.2, 0) is 5.75 Å². The van der Waals surface area contributed by atoms with Crippen LogP contribution in [0.4, 0.5) is 0 Å². The normalized spacial score (nSPS) is 11.4. The molecule has 0 spiro atoms. The van der Waals surface area contributed by atoms with Gasteiger partial charge in [0, 0.05) is 5.75 Å². The van der Waals surface area contributed by atoms with Gasteiger partial charge >= 0.3 is 5.97 Å². The number of carbonyl (C=O) groups is 1. The predicted molar refractivity (Wildman–Crippen MR) is 87.4 cm³/mol. The van der Waals surface area contributed by atoms with Crippen LogP contribution in [-0.4, -0.2) is 16.8 Å². The van der Waals surface area contributed by atoms with Crippen molar-refractivity contribution in [3.63, 3.8) is 0 Å². The lowest BCUT2D eigenvalue weighted by molar-refractivity contribution is 0.0697. The molecule has 0 aliphatic carbocycles. The Kier molecular flexibility index (Phi) is 8.56. The van der Waals surface area contributed by atoms with Gasteiger partial charge < -0.3 is 5.11 Å². The van der Waals surface area contributed by atoms with Gasteiger partial charge in [0.05, 0.1) is 5.56 Å². The summed E-state index contributed by atoms with van der Waals surface area (Å²) in [5.74, 6) is 1.11. The fraction of sp³-hybridized carbons (Fsp3) is 0.353. The Bertz CT molecular complexity index is 464. The van der Waals surface area contributed by atoms with Crippen molar-refractivity contribution in [3.8, 4) is 0 Å². The largest absolute Gasteiger partial charge is 0.478 e. The highest BCUT2D eigenvalue weighted by Crippen LogP contribution is 2.15. The molecule has 0 amide bonds. The fourth-order valence-electron chi connectivity index (χ4n) is 1.68. The molecule has 1 N–H and O–H groups in total. The molecular weight excluding hydrogens is 268 g/mol. The quantitative estimate of drug-likeness (QED) is 0.518. The molecule has 0 radical (unpaired) electrons. The fourth-order valence-corrected chi connectivity index (χ4v) is 2.61. The number of unbranched alkanes of at least 4 members (excludes halogenated alkanes) is 1. The number of hydrogen-bond acceptors (Lipinski definition) is 2. The number of rotatable bonds is 9. The molecule has 108 valence electrons. The summed E-state index contributed by atoms with van der Waals surface area (Å²) in [7, 11) is 0. The van der Waals surface area contributed by atoms with Crippen molar-refractivity contribution in [2.45, 2.75) is 31.9 Å². The van der Waals surface area contributed by atoms with E-state index < -0.39 is 5.97 Å². The minimum Gasteiger partial charge on any atom is -0.478 e. The number of thioether (sulfide) groups is 1. The number of carboxylic acids is 1. The minimum atomic E-state index is -0.859. The number of carboxylic acid groups (broad SMARTS) is 1. The van der Waals surface area contributed by atoms with E-state index in [0.29, 0.717) is 5.56 Å². The van der Waals surface area contributed by atoms with Gasteiger partial charge in [0.2, 0.25) is 0 Å². The number of aromatic carboxylic acids is 1. The molecule has 0 fully saturated rings. The Labute approximate surface area is 125 Å². The van der Waals surface area contributed by atoms with Gasteiger partial charge in [0.1, 0.15) is 0 Å². The van der Waals surface area contributed by atoms with Crippen molar-refractivity contribution in [1.82, 2.24) is 0 Å². The van der Waals surface area contributed by atoms with Crippen molar-refractivity contribution in [3.05, 3.63) is 59.7 Å². The smallest absolute Gasteiger partial charge is 0.335 e. The van der Waals surface area contributed by atoms with Crippen LogP contribution < -0.4 is 0 Å². The molecule has 0 saturated heterocycles. The van der Waals surface area contributed by atoms with Gasteiger partial charge in [-0.25, -0.2) is 4.79 Å². The van der Waals surface area contributed by atoms with Crippen LogP contribution in [0.1, 0.15) is 42.1 Å². The zero-order valence-electron chi connectivity index (χ0n) is 11.9. The summed E-state index contributed by atoms with van der Waals surface area (Å²) >= 11 is 1.85. The molecule has 0 aliphatic heterocycles. The molecule has 3 heteroatoms. The molecule has 20 heavy (non-hydrogen) atoms. The zero-order chi connectivity index (χ0) is 14.6. The third-order valence-corrected chi connectivity index (χ3v) is 3.84. The average Bonchev–Trinajstić information content (AvgIpc) is 2.46. The van der Waals surface area contributed by atoms with Gasteiger partial charge in [-0.15, -0.1) is 0 Å². The monoisotopic (exact) mass is 290 g/mol. The van der Waals surface area contributed by atoms with E-state index >= 15 is 0 Å². The van der Waals surface area contributed by atoms with Gasteiger partial charge in [-0.3, -0.25) is 0 Å². The lowest BCUT2D eigenvalue weighted by Crippen LogP contribution is -1.96. The number of hydrogen-bond donors (Lipinski definition) is 1. The second-order valence-electron chi connectivity index (χ2n) is 4.46. The highest BCUT2D eigenvalue weighted by molar-refractivity contribution is 7.98. The standard InChI is InChI=1S/C17H22O2S/c1-2-3-4-5-6-7-8-12-20-14-15-10-9-11-16(13-15)17(18)19/h3-6,9-11,13H,2,7-8,12,14H2,1H3,(H,18,19)/b4-3-,6-5-. The molecule has 0 saturated carbocycles. The van der Waals surface area contributed by atoms with Crippen LogP contribution in [0.15, 0.2) is 48.6 Å². The van der Waals surface area contributed by atoms with Crippen molar-refractivity contribution in [1.29, 1.82) is 0 Å².